The Morgan fingerprint density at radius 1 is 0.412 bits per heavy atom. The van der Waals surface area contributed by atoms with Crippen molar-refractivity contribution in [2.24, 2.45) is 0 Å². The van der Waals surface area contributed by atoms with Crippen LogP contribution in [0.5, 0.6) is 23.0 Å². The molecule has 5 N–H and O–H groups in total. The molecule has 0 saturated carbocycles. The van der Waals surface area contributed by atoms with Gasteiger partial charge in [0.2, 0.25) is 0 Å². The zero-order chi connectivity index (χ0) is 35.1. The number of rotatable bonds is 10. The molecule has 51 heavy (non-hydrogen) atoms. The van der Waals surface area contributed by atoms with Gasteiger partial charge in [0.15, 0.2) is 22.4 Å². The average molecular weight is 694 g/mol. The van der Waals surface area contributed by atoms with Crippen LogP contribution in [0.25, 0.3) is 0 Å². The van der Waals surface area contributed by atoms with Crippen LogP contribution in [0.1, 0.15) is 47.9 Å². The van der Waals surface area contributed by atoms with Crippen LogP contribution in [0.3, 0.4) is 0 Å². The fourth-order valence-corrected chi connectivity index (χ4v) is 9.06. The average Bonchev–Trinajstić information content (AvgIpc) is 3.20. The van der Waals surface area contributed by atoms with Gasteiger partial charge in [-0.1, -0.05) is 72.8 Å². The number of ether oxygens (including phenoxy) is 4. The first-order chi connectivity index (χ1) is 24.9. The minimum atomic E-state index is -1.28. The second-order valence-electron chi connectivity index (χ2n) is 14.8. The summed E-state index contributed by atoms with van der Waals surface area (Å²) in [6, 6.07) is 29.5. The summed E-state index contributed by atoms with van der Waals surface area (Å²) in [6.07, 6.45) is 4.19. The summed E-state index contributed by atoms with van der Waals surface area (Å²) in [6.45, 7) is -1.54. The molecular weight excluding hydrogens is 646 g/mol. The Morgan fingerprint density at radius 2 is 0.647 bits per heavy atom. The van der Waals surface area contributed by atoms with Crippen molar-refractivity contribution in [3.8, 4) is 23.0 Å². The number of benzene rings is 4. The maximum Gasteiger partial charge on any atom is 0.151 e. The first-order valence-corrected chi connectivity index (χ1v) is 18.2. The standard InChI is InChI=1S/C42H47NO8/c44-25-39(21-17-29-9-1-5-13-33(29)48-39)37(40(26-45)22-18-30-10-2-6-14-34(30)49-40)43-38(41(27-46)23-19-31-11-3-7-15-35(31)50-41)42(28-47)24-20-32-12-4-8-16-36(32)51-42/h1-16,37-38,43-47H,17-28H2. The Morgan fingerprint density at radius 3 is 0.882 bits per heavy atom. The molecule has 9 heteroatoms. The normalized spacial score (nSPS) is 28.9. The predicted molar refractivity (Wildman–Crippen MR) is 192 cm³/mol. The molecule has 0 fully saturated rings. The molecule has 4 heterocycles. The molecule has 0 saturated heterocycles. The maximum absolute atomic E-state index is 11.5. The third-order valence-corrected chi connectivity index (χ3v) is 11.9. The van der Waals surface area contributed by atoms with Crippen LogP contribution in [0.15, 0.2) is 97.1 Å². The predicted octanol–water partition coefficient (Wildman–Crippen LogP) is 4.34. The van der Waals surface area contributed by atoms with Crippen molar-refractivity contribution in [2.75, 3.05) is 26.4 Å². The topological polar surface area (TPSA) is 130 Å². The molecule has 0 aromatic heterocycles. The molecule has 9 nitrogen and oxygen atoms in total. The highest BCUT2D eigenvalue weighted by atomic mass is 16.5. The Hall–Kier alpha value is -4.12. The molecule has 8 rings (SSSR count). The largest absolute Gasteiger partial charge is 0.483 e. The molecular formula is C42H47NO8. The molecule has 4 aliphatic heterocycles. The van der Waals surface area contributed by atoms with Gasteiger partial charge < -0.3 is 39.4 Å². The first-order valence-electron chi connectivity index (χ1n) is 18.2. The van der Waals surface area contributed by atoms with E-state index in [-0.39, 0.29) is 26.4 Å². The highest BCUT2D eigenvalue weighted by molar-refractivity contribution is 5.42. The smallest absolute Gasteiger partial charge is 0.151 e. The van der Waals surface area contributed by atoms with E-state index in [9.17, 15) is 20.4 Å². The third-order valence-electron chi connectivity index (χ3n) is 11.9. The minimum absolute atomic E-state index is 0.385. The van der Waals surface area contributed by atoms with Gasteiger partial charge in [0.1, 0.15) is 23.0 Å². The van der Waals surface area contributed by atoms with Crippen LogP contribution in [-0.4, -0.2) is 81.3 Å². The number of hydrogen-bond donors (Lipinski definition) is 5. The fraction of sp³-hybridized carbons (Fsp3) is 0.429. The molecule has 4 aromatic rings. The van der Waals surface area contributed by atoms with E-state index in [0.29, 0.717) is 74.4 Å². The second kappa shape index (κ2) is 13.5. The Bertz CT molecular complexity index is 1600. The third kappa shape index (κ3) is 5.76. The molecule has 4 aromatic carbocycles. The molecule has 0 amide bonds. The summed E-state index contributed by atoms with van der Waals surface area (Å²) in [5.41, 5.74) is -1.01. The van der Waals surface area contributed by atoms with E-state index in [4.69, 9.17) is 18.9 Å². The van der Waals surface area contributed by atoms with Crippen LogP contribution in [0, 0.1) is 0 Å². The lowest BCUT2D eigenvalue weighted by atomic mass is 9.69. The zero-order valence-electron chi connectivity index (χ0n) is 28.8. The number of aryl methyl sites for hydroxylation is 4. The van der Waals surface area contributed by atoms with Crippen molar-refractivity contribution in [2.45, 2.75) is 85.9 Å². The van der Waals surface area contributed by atoms with Gasteiger partial charge in [-0.25, -0.2) is 0 Å². The minimum Gasteiger partial charge on any atom is -0.483 e. The number of aliphatic hydroxyl groups is 4. The summed E-state index contributed by atoms with van der Waals surface area (Å²) in [7, 11) is 0. The van der Waals surface area contributed by atoms with Crippen molar-refractivity contribution in [1.29, 1.82) is 0 Å². The number of aliphatic hydroxyl groups excluding tert-OH is 4. The van der Waals surface area contributed by atoms with Crippen molar-refractivity contribution < 1.29 is 39.4 Å². The van der Waals surface area contributed by atoms with Crippen molar-refractivity contribution in [3.63, 3.8) is 0 Å². The lowest BCUT2D eigenvalue weighted by molar-refractivity contribution is -0.167. The molecule has 4 aliphatic rings. The Balaban J connectivity index is 1.31. The SMILES string of the molecule is OCC1(C(NC(C2(CO)CCc3ccccc3O2)C2(CO)CCc3ccccc3O2)C2(CO)CCc3ccccc3O2)CCc2ccccc2O1. The zero-order valence-corrected chi connectivity index (χ0v) is 28.8. The fourth-order valence-electron chi connectivity index (χ4n) is 9.06. The van der Waals surface area contributed by atoms with Crippen molar-refractivity contribution >= 4 is 0 Å². The van der Waals surface area contributed by atoms with Crippen LogP contribution in [0.4, 0.5) is 0 Å². The van der Waals surface area contributed by atoms with Crippen molar-refractivity contribution in [3.05, 3.63) is 119 Å². The van der Waals surface area contributed by atoms with Gasteiger partial charge in [0.05, 0.1) is 38.5 Å². The summed E-state index contributed by atoms with van der Waals surface area (Å²) in [4.78, 5) is 0. The van der Waals surface area contributed by atoms with Gasteiger partial charge in [-0.05, 0) is 97.9 Å². The van der Waals surface area contributed by atoms with Crippen LogP contribution in [-0.2, 0) is 25.7 Å². The Labute approximate surface area is 298 Å². The van der Waals surface area contributed by atoms with Gasteiger partial charge in [0, 0.05) is 0 Å². The second-order valence-corrected chi connectivity index (χ2v) is 14.8. The Kier molecular flexibility index (Phi) is 8.97. The number of para-hydroxylation sites is 4. The molecule has 0 bridgehead atoms. The summed E-state index contributed by atoms with van der Waals surface area (Å²) >= 11 is 0. The van der Waals surface area contributed by atoms with Crippen LogP contribution < -0.4 is 24.3 Å². The van der Waals surface area contributed by atoms with E-state index in [2.05, 4.69) is 5.32 Å². The lowest BCUT2D eigenvalue weighted by Crippen LogP contribution is -2.80. The van der Waals surface area contributed by atoms with Gasteiger partial charge >= 0.3 is 0 Å². The number of nitrogens with one attached hydrogen (secondary N) is 1. The van der Waals surface area contributed by atoms with Gasteiger partial charge in [-0.2, -0.15) is 0 Å². The van der Waals surface area contributed by atoms with E-state index in [1.54, 1.807) is 0 Å². The van der Waals surface area contributed by atoms with E-state index < -0.39 is 34.5 Å². The van der Waals surface area contributed by atoms with E-state index >= 15 is 0 Å². The highest BCUT2D eigenvalue weighted by Crippen LogP contribution is 2.48. The van der Waals surface area contributed by atoms with E-state index in [1.807, 2.05) is 97.1 Å². The monoisotopic (exact) mass is 693 g/mol. The summed E-state index contributed by atoms with van der Waals surface area (Å²) in [5.74, 6) is 2.63. The maximum atomic E-state index is 11.5. The molecule has 0 spiro atoms. The molecule has 4 unspecified atom stereocenters. The number of hydrogen-bond acceptors (Lipinski definition) is 9. The quantitative estimate of drug-likeness (QED) is 0.165. The lowest BCUT2D eigenvalue weighted by Gasteiger charge is -2.57. The molecule has 0 aliphatic carbocycles. The van der Waals surface area contributed by atoms with Crippen molar-refractivity contribution in [1.82, 2.24) is 5.32 Å². The molecule has 4 atom stereocenters. The molecule has 0 radical (unpaired) electrons. The van der Waals surface area contributed by atoms with E-state index in [0.717, 1.165) is 22.3 Å². The van der Waals surface area contributed by atoms with Gasteiger partial charge in [-0.3, -0.25) is 5.32 Å². The van der Waals surface area contributed by atoms with Crippen LogP contribution >= 0.6 is 0 Å². The van der Waals surface area contributed by atoms with Gasteiger partial charge in [-0.15, -0.1) is 0 Å². The van der Waals surface area contributed by atoms with E-state index in [1.165, 1.54) is 0 Å². The van der Waals surface area contributed by atoms with Crippen LogP contribution in [0.2, 0.25) is 0 Å². The number of fused-ring (bicyclic) bond motifs is 4. The van der Waals surface area contributed by atoms with Gasteiger partial charge in [0.25, 0.3) is 0 Å². The molecule has 268 valence electrons. The highest BCUT2D eigenvalue weighted by Gasteiger charge is 2.63. The summed E-state index contributed by atoms with van der Waals surface area (Å²) < 4.78 is 27.6. The first kappa shape index (κ1) is 34.0. The summed E-state index contributed by atoms with van der Waals surface area (Å²) in [5, 5.41) is 50.1.